The second kappa shape index (κ2) is 7.45. The van der Waals surface area contributed by atoms with Crippen LogP contribution in [0.5, 0.6) is 0 Å². The molecule has 0 saturated heterocycles. The lowest BCUT2D eigenvalue weighted by Gasteiger charge is -2.10. The molecule has 2 rings (SSSR count). The largest absolute Gasteiger partial charge is 0.376 e. The Bertz CT molecular complexity index is 709. The quantitative estimate of drug-likeness (QED) is 0.793. The van der Waals surface area contributed by atoms with Crippen molar-refractivity contribution in [2.75, 3.05) is 22.5 Å². The summed E-state index contributed by atoms with van der Waals surface area (Å²) in [5.41, 5.74) is 4.67. The lowest BCUT2D eigenvalue weighted by molar-refractivity contribution is -0.115. The molecule has 0 fully saturated rings. The van der Waals surface area contributed by atoms with Crippen LogP contribution in [0.25, 0.3) is 0 Å². The van der Waals surface area contributed by atoms with E-state index >= 15 is 0 Å². The first kappa shape index (κ1) is 16.5. The average Bonchev–Trinajstić information content (AvgIpc) is 2.50. The van der Waals surface area contributed by atoms with Crippen LogP contribution in [0.2, 0.25) is 0 Å². The number of carbonyl (C=O) groups excluding carboxylic acids is 2. The molecule has 120 valence electrons. The van der Waals surface area contributed by atoms with Crippen molar-refractivity contribution >= 4 is 28.9 Å². The number of hydrogen-bond acceptors (Lipinski definition) is 3. The standard InChI is InChI=1S/C18H21N3O2/c1-12-4-5-17(10-13(12)2)21-18(23)11-19-15-6-8-16(9-7-15)20-14(3)22/h4-10,19H,11H2,1-3H3,(H,20,22)(H,21,23). The molecule has 0 aromatic heterocycles. The molecule has 0 radical (unpaired) electrons. The number of rotatable bonds is 5. The highest BCUT2D eigenvalue weighted by Gasteiger charge is 2.04. The minimum atomic E-state index is -0.113. The van der Waals surface area contributed by atoms with Gasteiger partial charge in [0, 0.05) is 24.0 Å². The van der Waals surface area contributed by atoms with Crippen LogP contribution in [0.15, 0.2) is 42.5 Å². The van der Waals surface area contributed by atoms with Gasteiger partial charge in [-0.1, -0.05) is 6.07 Å². The third kappa shape index (κ3) is 5.14. The van der Waals surface area contributed by atoms with E-state index in [0.29, 0.717) is 0 Å². The second-order valence-corrected chi connectivity index (χ2v) is 5.46. The van der Waals surface area contributed by atoms with Gasteiger partial charge in [0.05, 0.1) is 6.54 Å². The first-order valence-electron chi connectivity index (χ1n) is 7.42. The van der Waals surface area contributed by atoms with Crippen LogP contribution in [0.3, 0.4) is 0 Å². The van der Waals surface area contributed by atoms with E-state index in [-0.39, 0.29) is 18.4 Å². The summed E-state index contributed by atoms with van der Waals surface area (Å²) >= 11 is 0. The van der Waals surface area contributed by atoms with Crippen molar-refractivity contribution < 1.29 is 9.59 Å². The van der Waals surface area contributed by atoms with Crippen molar-refractivity contribution in [1.29, 1.82) is 0 Å². The highest BCUT2D eigenvalue weighted by Crippen LogP contribution is 2.15. The Balaban J connectivity index is 1.86. The van der Waals surface area contributed by atoms with E-state index in [9.17, 15) is 9.59 Å². The van der Waals surface area contributed by atoms with Crippen molar-refractivity contribution in [2.24, 2.45) is 0 Å². The molecule has 0 aliphatic heterocycles. The van der Waals surface area contributed by atoms with E-state index in [1.54, 1.807) is 12.1 Å². The molecule has 3 N–H and O–H groups in total. The van der Waals surface area contributed by atoms with E-state index in [2.05, 4.69) is 16.0 Å². The van der Waals surface area contributed by atoms with Gasteiger partial charge >= 0.3 is 0 Å². The Kier molecular flexibility index (Phi) is 5.36. The van der Waals surface area contributed by atoms with Gasteiger partial charge < -0.3 is 16.0 Å². The Morgan fingerprint density at radius 2 is 1.43 bits per heavy atom. The van der Waals surface area contributed by atoms with Crippen molar-refractivity contribution in [1.82, 2.24) is 0 Å². The van der Waals surface area contributed by atoms with E-state index in [0.717, 1.165) is 22.6 Å². The lowest BCUT2D eigenvalue weighted by Crippen LogP contribution is -2.21. The van der Waals surface area contributed by atoms with Gasteiger partial charge in [-0.05, 0) is 61.4 Å². The van der Waals surface area contributed by atoms with Crippen molar-refractivity contribution in [3.05, 3.63) is 53.6 Å². The van der Waals surface area contributed by atoms with E-state index in [1.807, 2.05) is 44.2 Å². The monoisotopic (exact) mass is 311 g/mol. The summed E-state index contributed by atoms with van der Waals surface area (Å²) in [6, 6.07) is 13.0. The zero-order valence-corrected chi connectivity index (χ0v) is 13.6. The molecule has 0 atom stereocenters. The summed E-state index contributed by atoms with van der Waals surface area (Å²) < 4.78 is 0. The maximum atomic E-state index is 12.0. The predicted octanol–water partition coefficient (Wildman–Crippen LogP) is 3.31. The Morgan fingerprint density at radius 3 is 2.04 bits per heavy atom. The molecule has 0 aliphatic carbocycles. The Labute approximate surface area is 136 Å². The van der Waals surface area contributed by atoms with Crippen LogP contribution in [0, 0.1) is 13.8 Å². The van der Waals surface area contributed by atoms with Crippen LogP contribution in [-0.2, 0) is 9.59 Å². The molecule has 5 nitrogen and oxygen atoms in total. The number of benzene rings is 2. The molecule has 0 aliphatic rings. The van der Waals surface area contributed by atoms with Crippen molar-refractivity contribution in [3.63, 3.8) is 0 Å². The fourth-order valence-electron chi connectivity index (χ4n) is 2.08. The Hall–Kier alpha value is -2.82. The van der Waals surface area contributed by atoms with Gasteiger partial charge in [0.1, 0.15) is 0 Å². The highest BCUT2D eigenvalue weighted by atomic mass is 16.2. The lowest BCUT2D eigenvalue weighted by atomic mass is 10.1. The highest BCUT2D eigenvalue weighted by molar-refractivity contribution is 5.94. The van der Waals surface area contributed by atoms with Gasteiger partial charge in [0.15, 0.2) is 0 Å². The Morgan fingerprint density at radius 1 is 0.826 bits per heavy atom. The molecule has 2 aromatic carbocycles. The average molecular weight is 311 g/mol. The van der Waals surface area contributed by atoms with Crippen LogP contribution in [0.1, 0.15) is 18.1 Å². The minimum Gasteiger partial charge on any atom is -0.376 e. The minimum absolute atomic E-state index is 0.112. The van der Waals surface area contributed by atoms with Gasteiger partial charge in [0.2, 0.25) is 11.8 Å². The molecule has 5 heteroatoms. The third-order valence-corrected chi connectivity index (χ3v) is 3.45. The maximum Gasteiger partial charge on any atom is 0.243 e. The zero-order valence-electron chi connectivity index (χ0n) is 13.6. The zero-order chi connectivity index (χ0) is 16.8. The van der Waals surface area contributed by atoms with Crippen LogP contribution >= 0.6 is 0 Å². The van der Waals surface area contributed by atoms with E-state index < -0.39 is 0 Å². The molecular formula is C18H21N3O2. The van der Waals surface area contributed by atoms with Crippen molar-refractivity contribution in [2.45, 2.75) is 20.8 Å². The summed E-state index contributed by atoms with van der Waals surface area (Å²) in [4.78, 5) is 22.9. The van der Waals surface area contributed by atoms with Gasteiger partial charge in [0.25, 0.3) is 0 Å². The van der Waals surface area contributed by atoms with Gasteiger partial charge in [-0.15, -0.1) is 0 Å². The number of carbonyl (C=O) groups is 2. The van der Waals surface area contributed by atoms with Gasteiger partial charge in [-0.25, -0.2) is 0 Å². The number of hydrogen-bond donors (Lipinski definition) is 3. The molecule has 2 aromatic rings. The summed E-state index contributed by atoms with van der Waals surface area (Å²) in [6.45, 7) is 5.68. The molecule has 0 unspecified atom stereocenters. The molecule has 0 saturated carbocycles. The molecule has 23 heavy (non-hydrogen) atoms. The topological polar surface area (TPSA) is 70.2 Å². The van der Waals surface area contributed by atoms with Crippen LogP contribution in [0.4, 0.5) is 17.1 Å². The molecule has 0 spiro atoms. The molecule has 0 heterocycles. The number of aryl methyl sites for hydroxylation is 2. The normalized spacial score (nSPS) is 10.0. The summed E-state index contributed by atoms with van der Waals surface area (Å²) in [6.07, 6.45) is 0. The van der Waals surface area contributed by atoms with Crippen molar-refractivity contribution in [3.8, 4) is 0 Å². The first-order valence-corrected chi connectivity index (χ1v) is 7.42. The number of amides is 2. The van der Waals surface area contributed by atoms with Crippen LogP contribution in [-0.4, -0.2) is 18.4 Å². The summed E-state index contributed by atoms with van der Waals surface area (Å²) in [7, 11) is 0. The fourth-order valence-corrected chi connectivity index (χ4v) is 2.08. The van der Waals surface area contributed by atoms with E-state index in [1.165, 1.54) is 12.5 Å². The summed E-state index contributed by atoms with van der Waals surface area (Å²) in [5.74, 6) is -0.224. The fraction of sp³-hybridized carbons (Fsp3) is 0.222. The first-order chi connectivity index (χ1) is 10.9. The maximum absolute atomic E-state index is 12.0. The number of nitrogens with one attached hydrogen (secondary N) is 3. The molecule has 2 amide bonds. The molecular weight excluding hydrogens is 290 g/mol. The van der Waals surface area contributed by atoms with Gasteiger partial charge in [-0.2, -0.15) is 0 Å². The summed E-state index contributed by atoms with van der Waals surface area (Å²) in [5, 5.41) is 8.60. The second-order valence-electron chi connectivity index (χ2n) is 5.46. The smallest absolute Gasteiger partial charge is 0.243 e. The number of anilines is 3. The molecule has 0 bridgehead atoms. The van der Waals surface area contributed by atoms with Gasteiger partial charge in [-0.3, -0.25) is 9.59 Å². The predicted molar refractivity (Wildman–Crippen MR) is 93.8 cm³/mol. The SMILES string of the molecule is CC(=O)Nc1ccc(NCC(=O)Nc2ccc(C)c(C)c2)cc1. The van der Waals surface area contributed by atoms with E-state index in [4.69, 9.17) is 0 Å². The van der Waals surface area contributed by atoms with Crippen LogP contribution < -0.4 is 16.0 Å². The third-order valence-electron chi connectivity index (χ3n) is 3.45.